The Labute approximate surface area is 120 Å². The van der Waals surface area contributed by atoms with Crippen molar-refractivity contribution in [3.8, 4) is 0 Å². The van der Waals surface area contributed by atoms with E-state index in [-0.39, 0.29) is 63.4 Å². The molecular weight excluding hydrogens is 306 g/mol. The molecule has 0 spiro atoms. The van der Waals surface area contributed by atoms with Gasteiger partial charge in [0.05, 0.1) is 0 Å². The van der Waals surface area contributed by atoms with Crippen molar-refractivity contribution < 1.29 is 63.4 Å². The summed E-state index contributed by atoms with van der Waals surface area (Å²) in [7, 11) is 0. The van der Waals surface area contributed by atoms with E-state index in [1.807, 2.05) is 30.3 Å². The molecule has 0 amide bonds. The van der Waals surface area contributed by atoms with E-state index in [9.17, 15) is 0 Å². The van der Waals surface area contributed by atoms with E-state index in [0.717, 1.165) is 0 Å². The predicted octanol–water partition coefficient (Wildman–Crippen LogP) is -5.96. The minimum Gasteiger partial charge on any atom is -1.00 e. The molecule has 1 radical (unpaired) electrons. The second-order valence-corrected chi connectivity index (χ2v) is 2.46. The smallest absolute Gasteiger partial charge is 1.00 e. The fourth-order valence-electron chi connectivity index (χ4n) is 0.321. The van der Waals surface area contributed by atoms with Crippen LogP contribution in [0.15, 0.2) is 30.3 Å². The van der Waals surface area contributed by atoms with Crippen LogP contribution >= 0.6 is 0 Å². The molecule has 1 aromatic carbocycles. The van der Waals surface area contributed by atoms with Crippen LogP contribution in [-0.4, -0.2) is 0 Å². The molecule has 4 heteroatoms. The molecule has 0 aliphatic rings. The van der Waals surface area contributed by atoms with Gasteiger partial charge in [-0.15, -0.1) is 0 Å². The maximum absolute atomic E-state index is 2.08. The number of rotatable bonds is 0. The van der Waals surface area contributed by atoms with Crippen LogP contribution in [-0.2, 0) is 26.2 Å². The van der Waals surface area contributed by atoms with Crippen molar-refractivity contribution in [1.29, 1.82) is 0 Å². The zero-order valence-electron chi connectivity index (χ0n) is 8.02. The summed E-state index contributed by atoms with van der Waals surface area (Å²) in [4.78, 5) is 0. The summed E-state index contributed by atoms with van der Waals surface area (Å²) in [5.41, 5.74) is 0. The number of hydrogen-bond donors (Lipinski definition) is 0. The Balaban J connectivity index is -0.0000000256. The third kappa shape index (κ3) is 43.4. The molecule has 0 nitrogen and oxygen atoms in total. The first kappa shape index (κ1) is 29.2. The van der Waals surface area contributed by atoms with Crippen molar-refractivity contribution in [2.45, 2.75) is 20.8 Å². The Morgan fingerprint density at radius 2 is 1.08 bits per heavy atom. The maximum atomic E-state index is 2.08. The van der Waals surface area contributed by atoms with Gasteiger partial charge >= 0.3 is 26.2 Å². The first-order chi connectivity index (χ1) is 4.23. The van der Waals surface area contributed by atoms with Crippen LogP contribution in [0.1, 0.15) is 20.8 Å². The summed E-state index contributed by atoms with van der Waals surface area (Å²) in [5.74, 6) is 1.42. The molecular formula is C9H14Cl3Zr-2. The van der Waals surface area contributed by atoms with Crippen molar-refractivity contribution in [1.82, 2.24) is 0 Å². The van der Waals surface area contributed by atoms with Crippen LogP contribution in [0.5, 0.6) is 0 Å². The molecule has 0 unspecified atom stereocenters. The molecule has 0 aliphatic heterocycles. The Kier molecular flexibility index (Phi) is 52.1. The third-order valence-electron chi connectivity index (χ3n) is 0.556. The van der Waals surface area contributed by atoms with E-state index in [4.69, 9.17) is 0 Å². The Hall–Kier alpha value is 1.10. The minimum atomic E-state index is 0. The van der Waals surface area contributed by atoms with Gasteiger partial charge < -0.3 is 43.1 Å². The molecule has 0 aliphatic carbocycles. The quantitative estimate of drug-likeness (QED) is 0.418. The van der Waals surface area contributed by atoms with Crippen LogP contribution in [0.3, 0.4) is 0 Å². The number of halogens is 3. The second kappa shape index (κ2) is 23.2. The molecule has 0 saturated heterocycles. The molecule has 0 heterocycles. The SMILES string of the molecule is C[C-](C)C.[Cl-].[Cl-].[Cl-].[Zr+3].c1cc[cH-]c1. The Morgan fingerprint density at radius 3 is 1.15 bits per heavy atom. The summed E-state index contributed by atoms with van der Waals surface area (Å²) in [6, 6.07) is 10.0. The van der Waals surface area contributed by atoms with Crippen molar-refractivity contribution in [2.75, 3.05) is 0 Å². The van der Waals surface area contributed by atoms with Crippen molar-refractivity contribution in [2.24, 2.45) is 0 Å². The first-order valence-corrected chi connectivity index (χ1v) is 3.17. The zero-order valence-corrected chi connectivity index (χ0v) is 12.7. The summed E-state index contributed by atoms with van der Waals surface area (Å²) in [6.07, 6.45) is 0. The van der Waals surface area contributed by atoms with Gasteiger partial charge in [0.2, 0.25) is 0 Å². The van der Waals surface area contributed by atoms with Crippen LogP contribution in [0.4, 0.5) is 0 Å². The Morgan fingerprint density at radius 1 is 0.846 bits per heavy atom. The average Bonchev–Trinajstić information content (AvgIpc) is 2.11. The van der Waals surface area contributed by atoms with E-state index in [1.54, 1.807) is 0 Å². The largest absolute Gasteiger partial charge is 3.00 e. The van der Waals surface area contributed by atoms with Crippen molar-refractivity contribution in [3.63, 3.8) is 0 Å². The molecule has 77 valence electrons. The predicted molar refractivity (Wildman–Crippen MR) is 42.3 cm³/mol. The van der Waals surface area contributed by atoms with Crippen molar-refractivity contribution in [3.05, 3.63) is 36.2 Å². The average molecular weight is 320 g/mol. The van der Waals surface area contributed by atoms with E-state index in [2.05, 4.69) is 20.8 Å². The van der Waals surface area contributed by atoms with Gasteiger partial charge in [-0.25, -0.2) is 12.1 Å². The molecule has 0 fully saturated rings. The monoisotopic (exact) mass is 317 g/mol. The van der Waals surface area contributed by atoms with Gasteiger partial charge in [0.15, 0.2) is 0 Å². The van der Waals surface area contributed by atoms with Gasteiger partial charge in [-0.05, 0) is 0 Å². The molecule has 13 heavy (non-hydrogen) atoms. The summed E-state index contributed by atoms with van der Waals surface area (Å²) in [6.45, 7) is 6.25. The molecule has 0 aromatic heterocycles. The third-order valence-corrected chi connectivity index (χ3v) is 0.556. The molecule has 0 saturated carbocycles. The van der Waals surface area contributed by atoms with E-state index in [1.165, 1.54) is 5.92 Å². The van der Waals surface area contributed by atoms with Gasteiger partial charge in [-0.3, -0.25) is 0 Å². The zero-order chi connectivity index (χ0) is 7.11. The summed E-state index contributed by atoms with van der Waals surface area (Å²) >= 11 is 0. The fourth-order valence-corrected chi connectivity index (χ4v) is 0.321. The maximum Gasteiger partial charge on any atom is 3.00 e. The number of hydrogen-bond acceptors (Lipinski definition) is 0. The van der Waals surface area contributed by atoms with E-state index >= 15 is 0 Å². The van der Waals surface area contributed by atoms with Gasteiger partial charge in [0.25, 0.3) is 0 Å². The first-order valence-electron chi connectivity index (χ1n) is 3.17. The summed E-state index contributed by atoms with van der Waals surface area (Å²) in [5, 5.41) is 0. The van der Waals surface area contributed by atoms with Crippen LogP contribution in [0.2, 0.25) is 0 Å². The van der Waals surface area contributed by atoms with Crippen LogP contribution < -0.4 is 37.2 Å². The van der Waals surface area contributed by atoms with Crippen molar-refractivity contribution >= 4 is 0 Å². The van der Waals surface area contributed by atoms with Crippen LogP contribution in [0.25, 0.3) is 0 Å². The van der Waals surface area contributed by atoms with E-state index in [0.29, 0.717) is 0 Å². The summed E-state index contributed by atoms with van der Waals surface area (Å²) < 4.78 is 0. The molecule has 1 aromatic rings. The minimum absolute atomic E-state index is 0. The van der Waals surface area contributed by atoms with E-state index < -0.39 is 0 Å². The van der Waals surface area contributed by atoms with Gasteiger partial charge in [0.1, 0.15) is 0 Å². The molecule has 0 bridgehead atoms. The molecule has 0 atom stereocenters. The molecule has 1 rings (SSSR count). The van der Waals surface area contributed by atoms with Gasteiger partial charge in [-0.1, -0.05) is 0 Å². The topological polar surface area (TPSA) is 0 Å². The fraction of sp³-hybridized carbons (Fsp3) is 0.333. The van der Waals surface area contributed by atoms with Gasteiger partial charge in [0, 0.05) is 0 Å². The normalized spacial score (nSPS) is 5.85. The molecule has 0 N–H and O–H groups in total. The Bertz CT molecular complexity index is 98.4. The second-order valence-electron chi connectivity index (χ2n) is 2.46. The standard InChI is InChI=1S/C5H5.C4H9.3ClH.Zr/c1-2-4-5-3-1;1-4(2)3;;;;/h1-5H;1-3H3;3*1H;/q2*-1;;;;+3/p-3. The van der Waals surface area contributed by atoms with Crippen LogP contribution in [0, 0.1) is 5.92 Å². The van der Waals surface area contributed by atoms with Gasteiger partial charge in [-0.2, -0.15) is 39.0 Å².